The molecular weight excluding hydrogens is 452 g/mol. The van der Waals surface area contributed by atoms with Crippen LogP contribution < -0.4 is 21.3 Å². The van der Waals surface area contributed by atoms with Gasteiger partial charge in [0.15, 0.2) is 0 Å². The van der Waals surface area contributed by atoms with Crippen molar-refractivity contribution in [2.24, 2.45) is 14.1 Å². The Morgan fingerprint density at radius 1 is 0.889 bits per heavy atom. The molecule has 0 amide bonds. The topological polar surface area (TPSA) is 70.2 Å². The van der Waals surface area contributed by atoms with Crippen molar-refractivity contribution < 1.29 is 4.74 Å². The Labute approximate surface area is 207 Å². The van der Waals surface area contributed by atoms with Gasteiger partial charge in [0.2, 0.25) is 0 Å². The van der Waals surface area contributed by atoms with Gasteiger partial charge in [-0.1, -0.05) is 42.0 Å². The SMILES string of the molecule is COc1ccc(-c2c3c(=O)n(C)c(=O)n(C)c3c3n2-c2ccccc2N[C@H]3c2cccc(C)c2)cc1. The van der Waals surface area contributed by atoms with E-state index < -0.39 is 0 Å². The molecule has 1 aliphatic rings. The van der Waals surface area contributed by atoms with Gasteiger partial charge in [0.25, 0.3) is 5.56 Å². The third-order valence-electron chi connectivity index (χ3n) is 7.07. The van der Waals surface area contributed by atoms with Crippen LogP contribution in [-0.4, -0.2) is 20.8 Å². The molecule has 0 bridgehead atoms. The van der Waals surface area contributed by atoms with Crippen molar-refractivity contribution in [1.82, 2.24) is 13.7 Å². The lowest BCUT2D eigenvalue weighted by molar-refractivity contribution is 0.415. The molecule has 7 heteroatoms. The van der Waals surface area contributed by atoms with Gasteiger partial charge in [-0.05, 0) is 54.4 Å². The quantitative estimate of drug-likeness (QED) is 0.414. The molecule has 0 saturated carbocycles. The van der Waals surface area contributed by atoms with Crippen LogP contribution in [0.2, 0.25) is 0 Å². The highest BCUT2D eigenvalue weighted by atomic mass is 16.5. The van der Waals surface area contributed by atoms with E-state index in [0.717, 1.165) is 45.2 Å². The highest BCUT2D eigenvalue weighted by Gasteiger charge is 2.34. The van der Waals surface area contributed by atoms with E-state index in [1.165, 1.54) is 11.6 Å². The predicted molar refractivity (Wildman–Crippen MR) is 142 cm³/mol. The lowest BCUT2D eigenvalue weighted by Crippen LogP contribution is -2.37. The summed E-state index contributed by atoms with van der Waals surface area (Å²) < 4.78 is 10.3. The van der Waals surface area contributed by atoms with E-state index in [-0.39, 0.29) is 17.3 Å². The van der Waals surface area contributed by atoms with Gasteiger partial charge in [0.05, 0.1) is 46.8 Å². The fourth-order valence-electron chi connectivity index (χ4n) is 5.34. The summed E-state index contributed by atoms with van der Waals surface area (Å²) in [5.41, 5.74) is 6.50. The molecule has 36 heavy (non-hydrogen) atoms. The molecule has 3 aromatic carbocycles. The summed E-state index contributed by atoms with van der Waals surface area (Å²) in [4.78, 5) is 26.9. The van der Waals surface area contributed by atoms with Gasteiger partial charge < -0.3 is 14.6 Å². The van der Waals surface area contributed by atoms with Crippen LogP contribution in [0.25, 0.3) is 27.8 Å². The molecule has 3 heterocycles. The van der Waals surface area contributed by atoms with Crippen molar-refractivity contribution in [2.45, 2.75) is 13.0 Å². The third-order valence-corrected chi connectivity index (χ3v) is 7.07. The van der Waals surface area contributed by atoms with E-state index >= 15 is 0 Å². The van der Waals surface area contributed by atoms with Crippen molar-refractivity contribution in [1.29, 1.82) is 0 Å². The molecule has 6 rings (SSSR count). The van der Waals surface area contributed by atoms with Crippen molar-refractivity contribution >= 4 is 16.6 Å². The molecular formula is C29H26N4O3. The molecule has 1 aliphatic heterocycles. The summed E-state index contributed by atoms with van der Waals surface area (Å²) >= 11 is 0. The Bertz CT molecular complexity index is 1770. The molecule has 2 aromatic heterocycles. The van der Waals surface area contributed by atoms with Crippen LogP contribution in [0.5, 0.6) is 5.75 Å². The molecule has 7 nitrogen and oxygen atoms in total. The fourth-order valence-corrected chi connectivity index (χ4v) is 5.34. The first kappa shape index (κ1) is 22.0. The number of aryl methyl sites for hydroxylation is 2. The molecule has 5 aromatic rings. The summed E-state index contributed by atoms with van der Waals surface area (Å²) in [6.45, 7) is 2.06. The summed E-state index contributed by atoms with van der Waals surface area (Å²) in [7, 11) is 4.89. The Morgan fingerprint density at radius 2 is 1.64 bits per heavy atom. The monoisotopic (exact) mass is 478 g/mol. The van der Waals surface area contributed by atoms with Crippen LogP contribution in [0.3, 0.4) is 0 Å². The van der Waals surface area contributed by atoms with E-state index in [4.69, 9.17) is 4.74 Å². The first-order valence-electron chi connectivity index (χ1n) is 11.8. The van der Waals surface area contributed by atoms with E-state index in [1.807, 2.05) is 54.6 Å². The van der Waals surface area contributed by atoms with Crippen LogP contribution in [0, 0.1) is 6.92 Å². The molecule has 0 aliphatic carbocycles. The van der Waals surface area contributed by atoms with Gasteiger partial charge in [-0.15, -0.1) is 0 Å². The molecule has 0 fully saturated rings. The van der Waals surface area contributed by atoms with Crippen LogP contribution in [0.4, 0.5) is 5.69 Å². The summed E-state index contributed by atoms with van der Waals surface area (Å²) in [5.74, 6) is 0.730. The van der Waals surface area contributed by atoms with Crippen LogP contribution >= 0.6 is 0 Å². The number of benzene rings is 3. The summed E-state index contributed by atoms with van der Waals surface area (Å²) in [6, 6.07) is 23.8. The number of hydrogen-bond acceptors (Lipinski definition) is 4. The maximum absolute atomic E-state index is 13.7. The Balaban J connectivity index is 1.84. The number of nitrogens with zero attached hydrogens (tertiary/aromatic N) is 3. The molecule has 180 valence electrons. The van der Waals surface area contributed by atoms with Gasteiger partial charge in [-0.2, -0.15) is 0 Å². The second kappa shape index (κ2) is 8.02. The molecule has 1 atom stereocenters. The minimum absolute atomic E-state index is 0.271. The number of fused-ring (bicyclic) bond motifs is 5. The first-order valence-corrected chi connectivity index (χ1v) is 11.8. The minimum Gasteiger partial charge on any atom is -0.497 e. The van der Waals surface area contributed by atoms with E-state index in [0.29, 0.717) is 10.9 Å². The standard InChI is InChI=1S/C29H26N4O3/c1-17-8-7-9-19(16-17)24-27-26-23(28(34)32(3)29(35)31(26)2)25(18-12-14-20(36-4)15-13-18)33(27)22-11-6-5-10-21(22)30-24/h5-16,24,30H,1-4H3/t24-/m0/s1. The van der Waals surface area contributed by atoms with E-state index in [1.54, 1.807) is 18.7 Å². The molecule has 1 N–H and O–H groups in total. The number of aromatic nitrogens is 3. The number of hydrogen-bond donors (Lipinski definition) is 1. The second-order valence-electron chi connectivity index (χ2n) is 9.24. The molecule has 0 spiro atoms. The largest absolute Gasteiger partial charge is 0.497 e. The Hall–Kier alpha value is -4.52. The highest BCUT2D eigenvalue weighted by molar-refractivity contribution is 5.99. The summed E-state index contributed by atoms with van der Waals surface area (Å²) in [5, 5.41) is 4.20. The van der Waals surface area contributed by atoms with Gasteiger partial charge in [0, 0.05) is 14.1 Å². The highest BCUT2D eigenvalue weighted by Crippen LogP contribution is 2.45. The minimum atomic E-state index is -0.357. The van der Waals surface area contributed by atoms with Crippen molar-refractivity contribution in [3.63, 3.8) is 0 Å². The van der Waals surface area contributed by atoms with Gasteiger partial charge in [-0.3, -0.25) is 13.9 Å². The van der Waals surface area contributed by atoms with Gasteiger partial charge >= 0.3 is 5.69 Å². The Kier molecular flexibility index (Phi) is 4.89. The first-order chi connectivity index (χ1) is 17.4. The maximum Gasteiger partial charge on any atom is 0.331 e. The van der Waals surface area contributed by atoms with Gasteiger partial charge in [-0.25, -0.2) is 4.79 Å². The zero-order valence-electron chi connectivity index (χ0n) is 20.6. The average molecular weight is 479 g/mol. The predicted octanol–water partition coefficient (Wildman–Crippen LogP) is 4.53. The van der Waals surface area contributed by atoms with E-state index in [9.17, 15) is 9.59 Å². The third kappa shape index (κ3) is 3.05. The lowest BCUT2D eigenvalue weighted by Gasteiger charge is -2.31. The number of rotatable bonds is 3. The average Bonchev–Trinajstić information content (AvgIpc) is 3.27. The van der Waals surface area contributed by atoms with Crippen LogP contribution in [0.15, 0.2) is 82.4 Å². The number of anilines is 1. The second-order valence-corrected chi connectivity index (χ2v) is 9.24. The van der Waals surface area contributed by atoms with Crippen LogP contribution in [-0.2, 0) is 14.1 Å². The van der Waals surface area contributed by atoms with Crippen molar-refractivity contribution in [3.05, 3.63) is 110 Å². The Morgan fingerprint density at radius 3 is 2.36 bits per heavy atom. The van der Waals surface area contributed by atoms with Gasteiger partial charge in [0.1, 0.15) is 5.75 Å². The molecule has 0 radical (unpaired) electrons. The molecule has 0 saturated heterocycles. The number of ether oxygens (including phenoxy) is 1. The van der Waals surface area contributed by atoms with Crippen molar-refractivity contribution in [2.75, 3.05) is 12.4 Å². The molecule has 0 unspecified atom stereocenters. The number of nitrogens with one attached hydrogen (secondary N) is 1. The summed E-state index contributed by atoms with van der Waals surface area (Å²) in [6.07, 6.45) is 0. The van der Waals surface area contributed by atoms with E-state index in [2.05, 4.69) is 35.0 Å². The smallest absolute Gasteiger partial charge is 0.331 e. The lowest BCUT2D eigenvalue weighted by atomic mass is 9.98. The number of para-hydroxylation sites is 2. The zero-order chi connectivity index (χ0) is 25.1. The zero-order valence-corrected chi connectivity index (χ0v) is 20.6. The normalized spacial score (nSPS) is 14.3. The van der Waals surface area contributed by atoms with Crippen molar-refractivity contribution in [3.8, 4) is 22.7 Å². The number of methoxy groups -OCH3 is 1. The fraction of sp³-hybridized carbons (Fsp3) is 0.172. The maximum atomic E-state index is 13.7. The van der Waals surface area contributed by atoms with Crippen LogP contribution in [0.1, 0.15) is 22.9 Å².